The molecule has 0 N–H and O–H groups in total. The average Bonchev–Trinajstić information content (AvgIpc) is 2.87. The van der Waals surface area contributed by atoms with Gasteiger partial charge in [-0.2, -0.15) is 0 Å². The van der Waals surface area contributed by atoms with Gasteiger partial charge in [0.25, 0.3) is 0 Å². The van der Waals surface area contributed by atoms with Crippen LogP contribution in [0.15, 0.2) is 42.0 Å². The summed E-state index contributed by atoms with van der Waals surface area (Å²) in [6, 6.07) is 0.206. The summed E-state index contributed by atoms with van der Waals surface area (Å²) in [4.78, 5) is 17.1. The van der Waals surface area contributed by atoms with Crippen LogP contribution in [0.25, 0.3) is 5.57 Å². The van der Waals surface area contributed by atoms with E-state index in [9.17, 15) is 4.79 Å². The molecule has 1 aliphatic carbocycles. The lowest BCUT2D eigenvalue weighted by Gasteiger charge is -2.29. The van der Waals surface area contributed by atoms with Crippen molar-refractivity contribution in [1.29, 1.82) is 0 Å². The molecule has 27 heavy (non-hydrogen) atoms. The van der Waals surface area contributed by atoms with E-state index in [1.54, 1.807) is 0 Å². The zero-order valence-corrected chi connectivity index (χ0v) is 15.1. The first kappa shape index (κ1) is 8.78. The van der Waals surface area contributed by atoms with Gasteiger partial charge in [-0.15, -0.1) is 0 Å². The van der Waals surface area contributed by atoms with E-state index in [-0.39, 0.29) is 41.3 Å². The maximum atomic E-state index is 12.5. The van der Waals surface area contributed by atoms with Gasteiger partial charge in [-0.05, 0) is 67.3 Å². The summed E-state index contributed by atoms with van der Waals surface area (Å²) in [5, 5.41) is -0.236. The van der Waals surface area contributed by atoms with E-state index in [1.807, 2.05) is 0 Å². The van der Waals surface area contributed by atoms with Crippen LogP contribution in [0.1, 0.15) is 58.6 Å². The predicted octanol–water partition coefficient (Wildman–Crippen LogP) is 4.89. The summed E-state index contributed by atoms with van der Waals surface area (Å²) in [6.07, 6.45) is -11.4. The van der Waals surface area contributed by atoms with E-state index in [4.69, 9.17) is 32.8 Å². The molecule has 1 amide bonds. The number of piperidine rings is 1. The topological polar surface area (TPSA) is 42.4 Å². The van der Waals surface area contributed by atoms with Crippen molar-refractivity contribution < 1.29 is 26.0 Å². The number of nitrogens with zero attached hydrogens (tertiary/aromatic N) is 2. The van der Waals surface area contributed by atoms with Crippen molar-refractivity contribution in [2.45, 2.75) is 32.5 Å². The molecular formula is C22H23ClN2O2. The van der Waals surface area contributed by atoms with E-state index < -0.39 is 72.8 Å². The van der Waals surface area contributed by atoms with Crippen LogP contribution in [0.2, 0.25) is 5.02 Å². The summed E-state index contributed by atoms with van der Waals surface area (Å²) in [5.41, 5.74) is -2.74. The van der Waals surface area contributed by atoms with Crippen LogP contribution in [0.3, 0.4) is 0 Å². The van der Waals surface area contributed by atoms with Crippen LogP contribution in [0.5, 0.6) is 0 Å². The molecule has 1 aliphatic heterocycles. The molecule has 0 spiro atoms. The minimum Gasteiger partial charge on any atom is -0.450 e. The molecule has 2 heterocycles. The van der Waals surface area contributed by atoms with Crippen molar-refractivity contribution in [2.24, 2.45) is 0 Å². The molecule has 1 aromatic carbocycles. The molecular weight excluding hydrogens is 360 g/mol. The molecule has 140 valence electrons. The van der Waals surface area contributed by atoms with Gasteiger partial charge in [0.15, 0.2) is 0 Å². The van der Waals surface area contributed by atoms with Crippen molar-refractivity contribution in [1.82, 2.24) is 9.88 Å². The lowest BCUT2D eigenvalue weighted by atomic mass is 9.88. The van der Waals surface area contributed by atoms with Gasteiger partial charge in [-0.3, -0.25) is 4.98 Å². The Morgan fingerprint density at radius 3 is 3.07 bits per heavy atom. The second-order valence-corrected chi connectivity index (χ2v) is 6.14. The molecule has 2 aliphatic rings. The molecule has 0 atom stereocenters. The average molecular weight is 395 g/mol. The van der Waals surface area contributed by atoms with E-state index >= 15 is 0 Å². The first-order valence-electron chi connectivity index (χ1n) is 14.3. The van der Waals surface area contributed by atoms with Crippen LogP contribution in [-0.4, -0.2) is 35.6 Å². The Bertz CT molecular complexity index is 1430. The molecule has 2 aromatic rings. The number of ether oxygens (including phenoxy) is 1. The standard InChI is InChI=1S/C22H23ClN2O2/c1-2-27-22(26)25-12-9-15(10-13-25)20-19-8-7-18(23)14-17(19)6-5-16-4-3-11-24-21(16)20/h3-4,7-8,11,14H,2,5-6,9-10,12-13H2,1H3/i3D,4D,5D2,6D2,9D2,11D,12D2,14D. The SMILES string of the molecule is [2H]c1nc2c(c([2H])c1[2H])C([2H])([2H])C([2H])([2H])c1c(ccc(Cl)c1[2H])C2=C1CCN(C(=O)OCC)C([2H])([2H])C1([2H])[2H]. The highest BCUT2D eigenvalue weighted by Crippen LogP contribution is 2.38. The molecule has 0 saturated carbocycles. The molecule has 1 fully saturated rings. The Morgan fingerprint density at radius 1 is 1.37 bits per heavy atom. The van der Waals surface area contributed by atoms with Crippen molar-refractivity contribution in [3.8, 4) is 0 Å². The maximum Gasteiger partial charge on any atom is 0.409 e. The van der Waals surface area contributed by atoms with Gasteiger partial charge in [-0.25, -0.2) is 4.79 Å². The molecule has 0 bridgehead atoms. The number of hydrogen-bond acceptors (Lipinski definition) is 3. The molecule has 5 heteroatoms. The number of carbonyl (C=O) groups excluding carboxylic acids is 1. The van der Waals surface area contributed by atoms with Gasteiger partial charge in [0.05, 0.1) is 17.8 Å². The van der Waals surface area contributed by atoms with Crippen LogP contribution >= 0.6 is 11.6 Å². The summed E-state index contributed by atoms with van der Waals surface area (Å²) in [7, 11) is 0. The van der Waals surface area contributed by atoms with Crippen molar-refractivity contribution in [2.75, 3.05) is 19.6 Å². The number of benzene rings is 1. The minimum atomic E-state index is -3.12. The number of aromatic nitrogens is 1. The summed E-state index contributed by atoms with van der Waals surface area (Å²) < 4.78 is 108. The highest BCUT2D eigenvalue weighted by molar-refractivity contribution is 6.30. The quantitative estimate of drug-likeness (QED) is 0.691. The smallest absolute Gasteiger partial charge is 0.409 e. The summed E-state index contributed by atoms with van der Waals surface area (Å²) >= 11 is 6.13. The minimum absolute atomic E-state index is 0.0851. The molecule has 1 aromatic heterocycles. The molecule has 4 nitrogen and oxygen atoms in total. The van der Waals surface area contributed by atoms with Crippen molar-refractivity contribution in [3.05, 3.63) is 69.4 Å². The largest absolute Gasteiger partial charge is 0.450 e. The zero-order chi connectivity index (χ0) is 29.5. The monoisotopic (exact) mass is 394 g/mol. The van der Waals surface area contributed by atoms with Crippen molar-refractivity contribution >= 4 is 23.3 Å². The van der Waals surface area contributed by atoms with Crippen LogP contribution in [0, 0.1) is 0 Å². The number of fused-ring (bicyclic) bond motifs is 2. The first-order chi connectivity index (χ1) is 17.9. The predicted molar refractivity (Wildman–Crippen MR) is 107 cm³/mol. The third kappa shape index (κ3) is 3.59. The van der Waals surface area contributed by atoms with E-state index in [2.05, 4.69) is 4.98 Å². The highest BCUT2D eigenvalue weighted by Gasteiger charge is 2.26. The molecule has 1 saturated heterocycles. The van der Waals surface area contributed by atoms with Crippen molar-refractivity contribution in [3.63, 3.8) is 0 Å². The van der Waals surface area contributed by atoms with E-state index in [1.165, 1.54) is 19.1 Å². The lowest BCUT2D eigenvalue weighted by molar-refractivity contribution is 0.104. The van der Waals surface area contributed by atoms with E-state index in [0.717, 1.165) is 0 Å². The molecule has 0 radical (unpaired) electrons. The number of hydrogen-bond donors (Lipinski definition) is 0. The van der Waals surface area contributed by atoms with Crippen LogP contribution in [-0.2, 0) is 17.5 Å². The highest BCUT2D eigenvalue weighted by atomic mass is 35.5. The Morgan fingerprint density at radius 2 is 2.22 bits per heavy atom. The Labute approximate surface area is 181 Å². The first-order valence-corrected chi connectivity index (χ1v) is 8.70. The normalized spacial score (nSPS) is 33.0. The third-order valence-electron chi connectivity index (χ3n) is 4.09. The Kier molecular flexibility index (Phi) is 2.51. The van der Waals surface area contributed by atoms with E-state index in [0.29, 0.717) is 4.90 Å². The second-order valence-electron chi connectivity index (χ2n) is 5.73. The maximum absolute atomic E-state index is 12.5. The summed E-state index contributed by atoms with van der Waals surface area (Å²) in [6.45, 7) is -1.97. The second kappa shape index (κ2) is 7.73. The zero-order valence-electron chi connectivity index (χ0n) is 26.4. The fourth-order valence-electron chi connectivity index (χ4n) is 2.90. The van der Waals surface area contributed by atoms with Gasteiger partial charge < -0.3 is 9.64 Å². The fraction of sp³-hybridized carbons (Fsp3) is 0.364. The summed E-state index contributed by atoms with van der Waals surface area (Å²) in [5.74, 6) is 0. The van der Waals surface area contributed by atoms with Gasteiger partial charge in [0.1, 0.15) is 0 Å². The Balaban J connectivity index is 2.22. The Hall–Kier alpha value is -2.33. The van der Waals surface area contributed by atoms with Crippen LogP contribution in [0.4, 0.5) is 4.79 Å². The lowest BCUT2D eigenvalue weighted by Crippen LogP contribution is -2.37. The number of carbonyl (C=O) groups is 1. The van der Waals surface area contributed by atoms with Crippen LogP contribution < -0.4 is 0 Å². The molecule has 4 rings (SSSR count). The van der Waals surface area contributed by atoms with Gasteiger partial charge in [0.2, 0.25) is 0 Å². The number of halogens is 1. The molecule has 0 unspecified atom stereocenters. The van der Waals surface area contributed by atoms with Gasteiger partial charge in [-0.1, -0.05) is 29.3 Å². The number of pyridine rings is 1. The number of rotatable bonds is 1. The number of likely N-dealkylation sites (tertiary alicyclic amines) is 1. The third-order valence-corrected chi connectivity index (χ3v) is 4.31. The number of amides is 1. The fourth-order valence-corrected chi connectivity index (χ4v) is 3.05. The van der Waals surface area contributed by atoms with Gasteiger partial charge >= 0.3 is 6.09 Å². The van der Waals surface area contributed by atoms with Gasteiger partial charge in [0, 0.05) is 40.8 Å².